The van der Waals surface area contributed by atoms with Crippen LogP contribution in [0.1, 0.15) is 39.9 Å². The lowest BCUT2D eigenvalue weighted by molar-refractivity contribution is 0.0708. The Morgan fingerprint density at radius 1 is 1.36 bits per heavy atom. The van der Waals surface area contributed by atoms with Crippen LogP contribution in [0.15, 0.2) is 34.4 Å². The third kappa shape index (κ3) is 3.30. The largest absolute Gasteiger partial charge is 0.337 e. The molecule has 0 saturated carbocycles. The molecule has 1 atom stereocenters. The first kappa shape index (κ1) is 15.9. The molecule has 0 N–H and O–H groups in total. The van der Waals surface area contributed by atoms with E-state index in [9.17, 15) is 4.79 Å². The molecule has 0 bridgehead atoms. The van der Waals surface area contributed by atoms with Crippen LogP contribution in [-0.2, 0) is 0 Å². The Morgan fingerprint density at radius 3 is 3.04 bits per heavy atom. The maximum absolute atomic E-state index is 12.6. The Balaban J connectivity index is 1.50. The maximum atomic E-state index is 12.6. The van der Waals surface area contributed by atoms with Crippen molar-refractivity contribution in [2.75, 3.05) is 13.1 Å². The number of carbonyl (C=O) groups is 1. The molecule has 1 fully saturated rings. The summed E-state index contributed by atoms with van der Waals surface area (Å²) in [7, 11) is 0. The molecule has 1 aliphatic heterocycles. The fourth-order valence-corrected chi connectivity index (χ4v) is 3.63. The van der Waals surface area contributed by atoms with Crippen LogP contribution in [0, 0.1) is 6.92 Å². The van der Waals surface area contributed by atoms with Crippen molar-refractivity contribution in [3.05, 3.63) is 46.3 Å². The van der Waals surface area contributed by atoms with E-state index in [1.165, 1.54) is 11.3 Å². The topological polar surface area (TPSA) is 85.0 Å². The van der Waals surface area contributed by atoms with E-state index in [0.717, 1.165) is 30.0 Å². The van der Waals surface area contributed by atoms with Gasteiger partial charge in [0.25, 0.3) is 11.8 Å². The lowest BCUT2D eigenvalue weighted by atomic mass is 9.97. The lowest BCUT2D eigenvalue weighted by Gasteiger charge is -2.30. The summed E-state index contributed by atoms with van der Waals surface area (Å²) in [5, 5.41) is 6.03. The third-order valence-electron chi connectivity index (χ3n) is 4.25. The quantitative estimate of drug-likeness (QED) is 0.718. The first-order valence-corrected chi connectivity index (χ1v) is 9.04. The summed E-state index contributed by atoms with van der Waals surface area (Å²) in [5.74, 6) is 1.15. The molecule has 3 aromatic heterocycles. The van der Waals surface area contributed by atoms with Crippen LogP contribution in [-0.4, -0.2) is 44.0 Å². The highest BCUT2D eigenvalue weighted by atomic mass is 32.1. The van der Waals surface area contributed by atoms with Crippen molar-refractivity contribution >= 4 is 17.2 Å². The molecule has 1 saturated heterocycles. The number of nitrogens with zero attached hydrogens (tertiary/aromatic N) is 5. The molecule has 8 heteroatoms. The summed E-state index contributed by atoms with van der Waals surface area (Å²) in [6.07, 6.45) is 5.16. The molecule has 1 amide bonds. The van der Waals surface area contributed by atoms with Crippen LogP contribution >= 0.6 is 11.3 Å². The van der Waals surface area contributed by atoms with Gasteiger partial charge in [-0.25, -0.2) is 4.98 Å². The number of rotatable bonds is 3. The van der Waals surface area contributed by atoms with Gasteiger partial charge in [0.2, 0.25) is 0 Å². The van der Waals surface area contributed by atoms with Crippen molar-refractivity contribution in [1.82, 2.24) is 25.0 Å². The van der Waals surface area contributed by atoms with Crippen LogP contribution in [0.4, 0.5) is 0 Å². The van der Waals surface area contributed by atoms with Crippen molar-refractivity contribution in [2.45, 2.75) is 25.7 Å². The molecule has 128 valence electrons. The Morgan fingerprint density at radius 2 is 2.28 bits per heavy atom. The van der Waals surface area contributed by atoms with Crippen molar-refractivity contribution in [2.24, 2.45) is 0 Å². The maximum Gasteiger partial charge on any atom is 0.278 e. The Hall–Kier alpha value is -2.61. The molecule has 0 unspecified atom stereocenters. The van der Waals surface area contributed by atoms with E-state index in [4.69, 9.17) is 4.52 Å². The fourth-order valence-electron chi connectivity index (χ4n) is 2.94. The second-order valence-corrected chi connectivity index (χ2v) is 7.02. The van der Waals surface area contributed by atoms with Gasteiger partial charge in [-0.15, -0.1) is 11.3 Å². The Kier molecular flexibility index (Phi) is 4.27. The summed E-state index contributed by atoms with van der Waals surface area (Å²) < 4.78 is 5.35. The second kappa shape index (κ2) is 6.72. The molecule has 7 nitrogen and oxygen atoms in total. The predicted molar refractivity (Wildman–Crippen MR) is 92.3 cm³/mol. The van der Waals surface area contributed by atoms with E-state index in [2.05, 4.69) is 20.1 Å². The van der Waals surface area contributed by atoms with E-state index in [-0.39, 0.29) is 11.8 Å². The highest BCUT2D eigenvalue weighted by Crippen LogP contribution is 2.28. The van der Waals surface area contributed by atoms with Gasteiger partial charge in [-0.1, -0.05) is 11.2 Å². The van der Waals surface area contributed by atoms with Gasteiger partial charge in [0, 0.05) is 25.2 Å². The molecule has 3 aromatic rings. The van der Waals surface area contributed by atoms with Crippen LogP contribution < -0.4 is 0 Å². The summed E-state index contributed by atoms with van der Waals surface area (Å²) in [6, 6.07) is 3.76. The second-order valence-electron chi connectivity index (χ2n) is 6.07. The summed E-state index contributed by atoms with van der Waals surface area (Å²) in [5.41, 5.74) is 1.39. The minimum Gasteiger partial charge on any atom is -0.337 e. The first-order valence-electron chi connectivity index (χ1n) is 8.16. The van der Waals surface area contributed by atoms with Gasteiger partial charge in [-0.3, -0.25) is 9.78 Å². The van der Waals surface area contributed by atoms with Gasteiger partial charge < -0.3 is 9.42 Å². The minimum absolute atomic E-state index is 0.0767. The minimum atomic E-state index is 0.0767. The standard InChI is InChI=1S/C17H17N5O2S/c1-11-8-19-13(9-18-11)16-20-15(21-24-16)12-4-2-6-22(10-12)17(23)14-5-3-7-25-14/h3,5,7-9,12H,2,4,6,10H2,1H3/t12-/m1/s1. The molecular formula is C17H17N5O2S. The van der Waals surface area contributed by atoms with Crippen molar-refractivity contribution < 1.29 is 9.32 Å². The highest BCUT2D eigenvalue weighted by Gasteiger charge is 2.29. The molecule has 4 rings (SSSR count). The number of hydrogen-bond acceptors (Lipinski definition) is 7. The zero-order chi connectivity index (χ0) is 17.2. The molecule has 25 heavy (non-hydrogen) atoms. The molecule has 0 radical (unpaired) electrons. The number of aromatic nitrogens is 4. The predicted octanol–water partition coefficient (Wildman–Crippen LogP) is 2.92. The van der Waals surface area contributed by atoms with Crippen molar-refractivity contribution in [3.63, 3.8) is 0 Å². The third-order valence-corrected chi connectivity index (χ3v) is 5.11. The van der Waals surface area contributed by atoms with Gasteiger partial charge in [0.05, 0.1) is 16.8 Å². The number of aryl methyl sites for hydroxylation is 1. The Labute approximate surface area is 148 Å². The number of thiophene rings is 1. The SMILES string of the molecule is Cc1cnc(-c2nc([C@@H]3CCCN(C(=O)c4cccs4)C3)no2)cn1. The number of piperidine rings is 1. The van der Waals surface area contributed by atoms with Crippen LogP contribution in [0.3, 0.4) is 0 Å². The van der Waals surface area contributed by atoms with Crippen LogP contribution in [0.25, 0.3) is 11.6 Å². The molecule has 0 aromatic carbocycles. The molecular weight excluding hydrogens is 338 g/mol. The van der Waals surface area contributed by atoms with Gasteiger partial charge in [0.1, 0.15) is 5.69 Å². The fraction of sp³-hybridized carbons (Fsp3) is 0.353. The van der Waals surface area contributed by atoms with Crippen molar-refractivity contribution in [1.29, 1.82) is 0 Å². The zero-order valence-electron chi connectivity index (χ0n) is 13.8. The van der Waals surface area contributed by atoms with Gasteiger partial charge in [0.15, 0.2) is 5.82 Å². The first-order chi connectivity index (χ1) is 12.2. The average molecular weight is 355 g/mol. The van der Waals surface area contributed by atoms with E-state index in [1.807, 2.05) is 29.3 Å². The zero-order valence-corrected chi connectivity index (χ0v) is 14.6. The number of hydrogen-bond donors (Lipinski definition) is 0. The average Bonchev–Trinajstić information content (AvgIpc) is 3.34. The van der Waals surface area contributed by atoms with E-state index >= 15 is 0 Å². The molecule has 0 spiro atoms. The molecule has 1 aliphatic rings. The monoisotopic (exact) mass is 355 g/mol. The summed E-state index contributed by atoms with van der Waals surface area (Å²) in [6.45, 7) is 3.24. The number of carbonyl (C=O) groups excluding carboxylic acids is 1. The van der Waals surface area contributed by atoms with Crippen LogP contribution in [0.5, 0.6) is 0 Å². The highest BCUT2D eigenvalue weighted by molar-refractivity contribution is 7.12. The Bertz CT molecular complexity index is 860. The van der Waals surface area contributed by atoms with Gasteiger partial charge in [-0.05, 0) is 31.2 Å². The number of likely N-dealkylation sites (tertiary alicyclic amines) is 1. The normalized spacial score (nSPS) is 17.6. The van der Waals surface area contributed by atoms with E-state index in [1.54, 1.807) is 12.4 Å². The van der Waals surface area contributed by atoms with Crippen LogP contribution in [0.2, 0.25) is 0 Å². The number of amides is 1. The van der Waals surface area contributed by atoms with E-state index < -0.39 is 0 Å². The summed E-state index contributed by atoms with van der Waals surface area (Å²) >= 11 is 1.47. The molecule has 0 aliphatic carbocycles. The van der Waals surface area contributed by atoms with Gasteiger partial charge >= 0.3 is 0 Å². The van der Waals surface area contributed by atoms with Crippen molar-refractivity contribution in [3.8, 4) is 11.6 Å². The van der Waals surface area contributed by atoms with E-state index in [0.29, 0.717) is 24.0 Å². The summed E-state index contributed by atoms with van der Waals surface area (Å²) in [4.78, 5) is 28.1. The smallest absolute Gasteiger partial charge is 0.278 e. The van der Waals surface area contributed by atoms with Gasteiger partial charge in [-0.2, -0.15) is 4.98 Å². The lowest BCUT2D eigenvalue weighted by Crippen LogP contribution is -2.39. The molecule has 4 heterocycles.